The van der Waals surface area contributed by atoms with Crippen molar-refractivity contribution in [1.29, 1.82) is 0 Å². The number of hydrogen-bond acceptors (Lipinski definition) is 5. The Morgan fingerprint density at radius 3 is 2.74 bits per heavy atom. The van der Waals surface area contributed by atoms with Crippen molar-refractivity contribution < 1.29 is 13.2 Å². The number of morpholine rings is 1. The first-order valence-electron chi connectivity index (χ1n) is 8.34. The highest BCUT2D eigenvalue weighted by molar-refractivity contribution is 7.89. The fourth-order valence-corrected chi connectivity index (χ4v) is 3.87. The van der Waals surface area contributed by atoms with Gasteiger partial charge in [0.25, 0.3) is 0 Å². The molecule has 1 saturated carbocycles. The number of ether oxygens (including phenoxy) is 1. The molecule has 2 unspecified atom stereocenters. The maximum Gasteiger partial charge on any atom is 0.242 e. The van der Waals surface area contributed by atoms with Gasteiger partial charge in [-0.15, -0.1) is 0 Å². The number of rotatable bonds is 6. The second kappa shape index (κ2) is 6.75. The molecule has 1 N–H and O–H groups in total. The van der Waals surface area contributed by atoms with E-state index in [1.54, 1.807) is 12.1 Å². The normalized spacial score (nSPS) is 25.6. The first-order chi connectivity index (χ1) is 11.0. The average molecular weight is 339 g/mol. The van der Waals surface area contributed by atoms with Gasteiger partial charge in [-0.2, -0.15) is 0 Å². The van der Waals surface area contributed by atoms with Gasteiger partial charge in [0.05, 0.1) is 12.2 Å². The van der Waals surface area contributed by atoms with Gasteiger partial charge in [-0.1, -0.05) is 6.92 Å². The van der Waals surface area contributed by atoms with E-state index in [4.69, 9.17) is 4.74 Å². The van der Waals surface area contributed by atoms with E-state index in [9.17, 15) is 8.42 Å². The molecule has 2 aliphatic rings. The van der Waals surface area contributed by atoms with Gasteiger partial charge in [0.1, 0.15) is 10.7 Å². The zero-order valence-electron chi connectivity index (χ0n) is 13.7. The summed E-state index contributed by atoms with van der Waals surface area (Å²) in [5, 5.41) is 0. The van der Waals surface area contributed by atoms with Gasteiger partial charge in [0, 0.05) is 25.8 Å². The van der Waals surface area contributed by atoms with Gasteiger partial charge in [0.2, 0.25) is 10.0 Å². The monoisotopic (exact) mass is 339 g/mol. The van der Waals surface area contributed by atoms with Crippen LogP contribution in [0.5, 0.6) is 0 Å². The van der Waals surface area contributed by atoms with Crippen molar-refractivity contribution in [1.82, 2.24) is 9.71 Å². The number of aromatic nitrogens is 1. The van der Waals surface area contributed by atoms with Gasteiger partial charge in [-0.25, -0.2) is 18.1 Å². The highest BCUT2D eigenvalue weighted by atomic mass is 32.2. The van der Waals surface area contributed by atoms with Crippen LogP contribution in [0, 0.1) is 5.92 Å². The van der Waals surface area contributed by atoms with Crippen molar-refractivity contribution in [2.24, 2.45) is 5.92 Å². The summed E-state index contributed by atoms with van der Waals surface area (Å²) in [4.78, 5) is 6.76. The van der Waals surface area contributed by atoms with E-state index in [0.717, 1.165) is 38.2 Å². The van der Waals surface area contributed by atoms with E-state index in [0.29, 0.717) is 12.5 Å². The van der Waals surface area contributed by atoms with Gasteiger partial charge in [0.15, 0.2) is 0 Å². The minimum Gasteiger partial charge on any atom is -0.372 e. The van der Waals surface area contributed by atoms with Crippen molar-refractivity contribution in [3.63, 3.8) is 0 Å². The molecule has 0 aromatic carbocycles. The molecule has 1 aliphatic heterocycles. The third-order valence-electron chi connectivity index (χ3n) is 4.40. The van der Waals surface area contributed by atoms with Crippen molar-refractivity contribution >= 4 is 15.8 Å². The summed E-state index contributed by atoms with van der Waals surface area (Å²) in [5.74, 6) is 1.32. The van der Waals surface area contributed by atoms with E-state index in [1.807, 2.05) is 0 Å². The van der Waals surface area contributed by atoms with Crippen LogP contribution in [0.15, 0.2) is 23.2 Å². The SMILES string of the molecule is CCC1CN(c2ccc(S(=O)(=O)NCC3CC3)cn2)CC(C)O1. The molecule has 1 aromatic heterocycles. The van der Waals surface area contributed by atoms with Crippen molar-refractivity contribution in [3.8, 4) is 0 Å². The molecule has 23 heavy (non-hydrogen) atoms. The topological polar surface area (TPSA) is 71.5 Å². The lowest BCUT2D eigenvalue weighted by Gasteiger charge is -2.37. The number of nitrogens with one attached hydrogen (secondary N) is 1. The Kier molecular flexibility index (Phi) is 4.89. The number of anilines is 1. The van der Waals surface area contributed by atoms with Crippen LogP contribution in [0.1, 0.15) is 33.1 Å². The smallest absolute Gasteiger partial charge is 0.242 e. The molecular weight excluding hydrogens is 314 g/mol. The minimum atomic E-state index is -3.44. The highest BCUT2D eigenvalue weighted by Gasteiger charge is 2.26. The Morgan fingerprint density at radius 1 is 1.35 bits per heavy atom. The fourth-order valence-electron chi connectivity index (χ4n) is 2.81. The van der Waals surface area contributed by atoms with Gasteiger partial charge >= 0.3 is 0 Å². The van der Waals surface area contributed by atoms with Crippen LogP contribution in [-0.2, 0) is 14.8 Å². The number of nitrogens with zero attached hydrogens (tertiary/aromatic N) is 2. The highest BCUT2D eigenvalue weighted by Crippen LogP contribution is 2.28. The zero-order valence-corrected chi connectivity index (χ0v) is 14.6. The van der Waals surface area contributed by atoms with E-state index in [1.165, 1.54) is 6.20 Å². The lowest BCUT2D eigenvalue weighted by Crippen LogP contribution is -2.46. The lowest BCUT2D eigenvalue weighted by molar-refractivity contribution is -0.0174. The minimum absolute atomic E-state index is 0.152. The van der Waals surface area contributed by atoms with E-state index in [2.05, 4.69) is 28.5 Å². The molecule has 1 saturated heterocycles. The largest absolute Gasteiger partial charge is 0.372 e. The molecule has 0 bridgehead atoms. The van der Waals surface area contributed by atoms with Crippen LogP contribution in [0.4, 0.5) is 5.82 Å². The molecule has 0 spiro atoms. The number of pyridine rings is 1. The predicted molar refractivity (Wildman–Crippen MR) is 89.0 cm³/mol. The Balaban J connectivity index is 1.68. The molecule has 128 valence electrons. The van der Waals surface area contributed by atoms with E-state index in [-0.39, 0.29) is 17.1 Å². The van der Waals surface area contributed by atoms with Crippen molar-refractivity contribution in [2.75, 3.05) is 24.5 Å². The van der Waals surface area contributed by atoms with Crippen LogP contribution < -0.4 is 9.62 Å². The molecule has 6 nitrogen and oxygen atoms in total. The predicted octanol–water partition coefficient (Wildman–Crippen LogP) is 1.77. The third kappa shape index (κ3) is 4.22. The Labute approximate surface area is 138 Å². The summed E-state index contributed by atoms with van der Waals surface area (Å²) < 4.78 is 32.9. The van der Waals surface area contributed by atoms with Crippen molar-refractivity contribution in [2.45, 2.75) is 50.2 Å². The first-order valence-corrected chi connectivity index (χ1v) is 9.82. The van der Waals surface area contributed by atoms with Crippen molar-refractivity contribution in [3.05, 3.63) is 18.3 Å². The summed E-state index contributed by atoms with van der Waals surface area (Å²) in [6.45, 7) is 6.25. The first kappa shape index (κ1) is 16.7. The van der Waals surface area contributed by atoms with Crippen LogP contribution in [-0.4, -0.2) is 45.2 Å². The summed E-state index contributed by atoms with van der Waals surface area (Å²) in [7, 11) is -3.44. The van der Waals surface area contributed by atoms with Gasteiger partial charge in [-0.3, -0.25) is 0 Å². The van der Waals surface area contributed by atoms with Crippen LogP contribution >= 0.6 is 0 Å². The van der Waals surface area contributed by atoms with Gasteiger partial charge < -0.3 is 9.64 Å². The Morgan fingerprint density at radius 2 is 2.13 bits per heavy atom. The standard InChI is InChI=1S/C16H25N3O3S/c1-3-14-11-19(10-12(2)22-14)16-7-6-15(9-17-16)23(20,21)18-8-13-4-5-13/h6-7,9,12-14,18H,3-5,8,10-11H2,1-2H3. The molecule has 2 atom stereocenters. The summed E-state index contributed by atoms with van der Waals surface area (Å²) in [6.07, 6.45) is 4.99. The fraction of sp³-hybridized carbons (Fsp3) is 0.688. The number of sulfonamides is 1. The summed E-state index contributed by atoms with van der Waals surface area (Å²) in [5.41, 5.74) is 0. The van der Waals surface area contributed by atoms with Crippen LogP contribution in [0.3, 0.4) is 0 Å². The molecule has 0 radical (unpaired) electrons. The van der Waals surface area contributed by atoms with Crippen LogP contribution in [0.25, 0.3) is 0 Å². The maximum atomic E-state index is 12.2. The molecule has 1 aromatic rings. The average Bonchev–Trinajstić information content (AvgIpc) is 3.37. The van der Waals surface area contributed by atoms with Gasteiger partial charge in [-0.05, 0) is 44.2 Å². The Bertz CT molecular complexity index is 628. The number of hydrogen-bond donors (Lipinski definition) is 1. The molecule has 2 fully saturated rings. The Hall–Kier alpha value is -1.18. The second-order valence-electron chi connectivity index (χ2n) is 6.53. The molecule has 1 aliphatic carbocycles. The second-order valence-corrected chi connectivity index (χ2v) is 8.30. The molecule has 7 heteroatoms. The lowest BCUT2D eigenvalue weighted by atomic mass is 10.2. The zero-order chi connectivity index (χ0) is 16.4. The molecule has 3 rings (SSSR count). The van der Waals surface area contributed by atoms with E-state index >= 15 is 0 Å². The quantitative estimate of drug-likeness (QED) is 0.855. The molecular formula is C16H25N3O3S. The maximum absolute atomic E-state index is 12.2. The third-order valence-corrected chi connectivity index (χ3v) is 5.80. The summed E-state index contributed by atoms with van der Waals surface area (Å²) in [6, 6.07) is 3.43. The molecule has 2 heterocycles. The summed E-state index contributed by atoms with van der Waals surface area (Å²) >= 11 is 0. The molecule has 0 amide bonds. The van der Waals surface area contributed by atoms with Crippen LogP contribution in [0.2, 0.25) is 0 Å². The van der Waals surface area contributed by atoms with E-state index < -0.39 is 10.0 Å².